The van der Waals surface area contributed by atoms with Crippen LogP contribution in [0.1, 0.15) is 33.6 Å². The molecule has 0 saturated heterocycles. The van der Waals surface area contributed by atoms with Crippen LogP contribution < -0.4 is 10.2 Å². The van der Waals surface area contributed by atoms with E-state index in [1.54, 1.807) is 11.8 Å². The largest absolute Gasteiger partial charge is 0.370 e. The molecule has 0 fully saturated rings. The number of nitrogens with zero attached hydrogens (tertiary/aromatic N) is 3. The third-order valence-corrected chi connectivity index (χ3v) is 3.09. The number of anilines is 2. The number of aromatic nitrogens is 2. The van der Waals surface area contributed by atoms with E-state index in [4.69, 9.17) is 0 Å². The van der Waals surface area contributed by atoms with Crippen LogP contribution in [-0.4, -0.2) is 35.9 Å². The lowest BCUT2D eigenvalue weighted by Crippen LogP contribution is -2.26. The first kappa shape index (κ1) is 15.1. The standard InChI is InChI=1S/C13H24N4S/c1-5-8-17(9-6-2)12-10-11(14-7-3)15-13(16-12)18-4/h10H,5-9H2,1-4H3,(H,14,15,16). The van der Waals surface area contributed by atoms with E-state index in [0.29, 0.717) is 0 Å². The molecule has 0 aromatic carbocycles. The first-order chi connectivity index (χ1) is 8.74. The maximum absolute atomic E-state index is 4.61. The first-order valence-electron chi connectivity index (χ1n) is 6.67. The molecule has 102 valence electrons. The van der Waals surface area contributed by atoms with Gasteiger partial charge in [-0.25, -0.2) is 9.97 Å². The molecule has 18 heavy (non-hydrogen) atoms. The summed E-state index contributed by atoms with van der Waals surface area (Å²) in [5.74, 6) is 1.96. The molecule has 0 saturated carbocycles. The Hall–Kier alpha value is -0.970. The van der Waals surface area contributed by atoms with E-state index < -0.39 is 0 Å². The summed E-state index contributed by atoms with van der Waals surface area (Å²) < 4.78 is 0. The van der Waals surface area contributed by atoms with Crippen LogP contribution in [0, 0.1) is 0 Å². The molecule has 0 spiro atoms. The number of hydrogen-bond donors (Lipinski definition) is 1. The number of rotatable bonds is 8. The normalized spacial score (nSPS) is 10.4. The summed E-state index contributed by atoms with van der Waals surface area (Å²) >= 11 is 1.59. The predicted molar refractivity (Wildman–Crippen MR) is 80.8 cm³/mol. The summed E-state index contributed by atoms with van der Waals surface area (Å²) in [4.78, 5) is 11.4. The van der Waals surface area contributed by atoms with Crippen LogP contribution in [0.25, 0.3) is 0 Å². The average Bonchev–Trinajstić information content (AvgIpc) is 2.38. The summed E-state index contributed by atoms with van der Waals surface area (Å²) in [6.45, 7) is 9.45. The molecule has 5 heteroatoms. The van der Waals surface area contributed by atoms with Gasteiger partial charge in [-0.2, -0.15) is 0 Å². The van der Waals surface area contributed by atoms with Gasteiger partial charge in [-0.15, -0.1) is 0 Å². The fourth-order valence-electron chi connectivity index (χ4n) is 1.82. The van der Waals surface area contributed by atoms with E-state index in [-0.39, 0.29) is 0 Å². The Kier molecular flexibility index (Phi) is 6.86. The summed E-state index contributed by atoms with van der Waals surface area (Å²) in [6.07, 6.45) is 4.28. The molecule has 0 amide bonds. The van der Waals surface area contributed by atoms with Crippen molar-refractivity contribution in [1.29, 1.82) is 0 Å². The molecule has 0 aliphatic rings. The Labute approximate surface area is 115 Å². The fraction of sp³-hybridized carbons (Fsp3) is 0.692. The number of thioether (sulfide) groups is 1. The lowest BCUT2D eigenvalue weighted by molar-refractivity contribution is 0.725. The molecule has 0 bridgehead atoms. The van der Waals surface area contributed by atoms with Crippen molar-refractivity contribution in [2.45, 2.75) is 38.8 Å². The van der Waals surface area contributed by atoms with Crippen LogP contribution in [0.2, 0.25) is 0 Å². The Morgan fingerprint density at radius 1 is 1.17 bits per heavy atom. The molecule has 1 rings (SSSR count). The van der Waals surface area contributed by atoms with Gasteiger partial charge in [0.25, 0.3) is 0 Å². The van der Waals surface area contributed by atoms with Crippen molar-refractivity contribution in [3.05, 3.63) is 6.07 Å². The second-order valence-corrected chi connectivity index (χ2v) is 4.89. The second-order valence-electron chi connectivity index (χ2n) is 4.12. The maximum atomic E-state index is 4.61. The van der Waals surface area contributed by atoms with Crippen LogP contribution in [0.3, 0.4) is 0 Å². The molecule has 1 heterocycles. The van der Waals surface area contributed by atoms with E-state index in [1.807, 2.05) is 6.26 Å². The van der Waals surface area contributed by atoms with Gasteiger partial charge in [-0.1, -0.05) is 25.6 Å². The highest BCUT2D eigenvalue weighted by atomic mass is 32.2. The molecule has 1 aromatic heterocycles. The predicted octanol–water partition coefficient (Wildman–Crippen LogP) is 3.26. The Balaban J connectivity index is 2.99. The zero-order valence-electron chi connectivity index (χ0n) is 11.9. The molecular formula is C13H24N4S. The smallest absolute Gasteiger partial charge is 0.191 e. The van der Waals surface area contributed by atoms with Crippen molar-refractivity contribution in [1.82, 2.24) is 9.97 Å². The van der Waals surface area contributed by atoms with Gasteiger partial charge in [0.1, 0.15) is 11.6 Å². The Bertz CT molecular complexity index is 351. The third-order valence-electron chi connectivity index (χ3n) is 2.54. The molecule has 1 aromatic rings. The molecule has 0 radical (unpaired) electrons. The molecule has 0 aliphatic carbocycles. The van der Waals surface area contributed by atoms with Crippen LogP contribution in [0.5, 0.6) is 0 Å². The third kappa shape index (κ3) is 4.37. The zero-order valence-corrected chi connectivity index (χ0v) is 12.7. The van der Waals surface area contributed by atoms with Gasteiger partial charge in [0.2, 0.25) is 0 Å². The molecular weight excluding hydrogens is 244 g/mol. The quantitative estimate of drug-likeness (QED) is 0.579. The lowest BCUT2D eigenvalue weighted by atomic mass is 10.3. The summed E-state index contributed by atoms with van der Waals surface area (Å²) in [7, 11) is 0. The topological polar surface area (TPSA) is 41.0 Å². The van der Waals surface area contributed by atoms with Gasteiger partial charge in [-0.05, 0) is 26.0 Å². The van der Waals surface area contributed by atoms with Crippen LogP contribution in [0.4, 0.5) is 11.6 Å². The average molecular weight is 268 g/mol. The summed E-state index contributed by atoms with van der Waals surface area (Å²) in [5, 5.41) is 4.10. The Morgan fingerprint density at radius 3 is 2.33 bits per heavy atom. The molecule has 1 N–H and O–H groups in total. The minimum absolute atomic E-state index is 0.834. The fourth-order valence-corrected chi connectivity index (χ4v) is 2.19. The van der Waals surface area contributed by atoms with Gasteiger partial charge in [-0.3, -0.25) is 0 Å². The highest BCUT2D eigenvalue weighted by molar-refractivity contribution is 7.98. The van der Waals surface area contributed by atoms with E-state index in [0.717, 1.165) is 49.3 Å². The minimum atomic E-state index is 0.834. The van der Waals surface area contributed by atoms with Gasteiger partial charge in [0, 0.05) is 25.7 Å². The van der Waals surface area contributed by atoms with Gasteiger partial charge in [0.05, 0.1) is 0 Å². The molecule has 0 atom stereocenters. The SMILES string of the molecule is CCCN(CCC)c1cc(NCC)nc(SC)n1. The molecule has 0 unspecified atom stereocenters. The van der Waals surface area contributed by atoms with Crippen LogP contribution in [-0.2, 0) is 0 Å². The van der Waals surface area contributed by atoms with Gasteiger partial charge < -0.3 is 10.2 Å². The van der Waals surface area contributed by atoms with E-state index in [1.165, 1.54) is 0 Å². The van der Waals surface area contributed by atoms with Gasteiger partial charge >= 0.3 is 0 Å². The minimum Gasteiger partial charge on any atom is -0.370 e. The Morgan fingerprint density at radius 2 is 1.83 bits per heavy atom. The highest BCUT2D eigenvalue weighted by Crippen LogP contribution is 2.20. The van der Waals surface area contributed by atoms with Crippen molar-refractivity contribution in [3.63, 3.8) is 0 Å². The van der Waals surface area contributed by atoms with Crippen molar-refractivity contribution < 1.29 is 0 Å². The highest BCUT2D eigenvalue weighted by Gasteiger charge is 2.10. The summed E-state index contributed by atoms with van der Waals surface area (Å²) in [5.41, 5.74) is 0. The lowest BCUT2D eigenvalue weighted by Gasteiger charge is -2.23. The molecule has 4 nitrogen and oxygen atoms in total. The summed E-state index contributed by atoms with van der Waals surface area (Å²) in [6, 6.07) is 2.05. The van der Waals surface area contributed by atoms with Crippen molar-refractivity contribution in [3.8, 4) is 0 Å². The monoisotopic (exact) mass is 268 g/mol. The van der Waals surface area contributed by atoms with Crippen molar-refractivity contribution in [2.24, 2.45) is 0 Å². The number of nitrogens with one attached hydrogen (secondary N) is 1. The van der Waals surface area contributed by atoms with Crippen molar-refractivity contribution >= 4 is 23.4 Å². The molecule has 0 aliphatic heterocycles. The van der Waals surface area contributed by atoms with E-state index in [2.05, 4.69) is 47.0 Å². The number of hydrogen-bond acceptors (Lipinski definition) is 5. The first-order valence-corrected chi connectivity index (χ1v) is 7.89. The second kappa shape index (κ2) is 8.19. The van der Waals surface area contributed by atoms with Gasteiger partial charge in [0.15, 0.2) is 5.16 Å². The van der Waals surface area contributed by atoms with Crippen molar-refractivity contribution in [2.75, 3.05) is 36.1 Å². The van der Waals surface area contributed by atoms with Crippen LogP contribution in [0.15, 0.2) is 11.2 Å². The van der Waals surface area contributed by atoms with Crippen LogP contribution >= 0.6 is 11.8 Å². The maximum Gasteiger partial charge on any atom is 0.191 e. The zero-order chi connectivity index (χ0) is 13.4. The van der Waals surface area contributed by atoms with E-state index in [9.17, 15) is 0 Å². The van der Waals surface area contributed by atoms with E-state index >= 15 is 0 Å².